The van der Waals surface area contributed by atoms with Crippen LogP contribution in [0.3, 0.4) is 0 Å². The normalized spacial score (nSPS) is 15.9. The van der Waals surface area contributed by atoms with Crippen LogP contribution in [0.15, 0.2) is 18.2 Å². The molecule has 0 atom stereocenters. The molecule has 1 aromatic carbocycles. The van der Waals surface area contributed by atoms with Gasteiger partial charge in [0.25, 0.3) is 0 Å². The molecule has 1 aliphatic heterocycles. The predicted molar refractivity (Wildman–Crippen MR) is 62.0 cm³/mol. The summed E-state index contributed by atoms with van der Waals surface area (Å²) < 4.78 is 5.22. The maximum atomic E-state index is 7.81. The van der Waals surface area contributed by atoms with E-state index in [4.69, 9.17) is 10.1 Å². The maximum Gasteiger partial charge on any atom is 0.121 e. The molecule has 15 heavy (non-hydrogen) atoms. The fourth-order valence-corrected chi connectivity index (χ4v) is 1.99. The van der Waals surface area contributed by atoms with Crippen LogP contribution in [0.2, 0.25) is 0 Å². The van der Waals surface area contributed by atoms with Crippen LogP contribution < -0.4 is 9.64 Å². The van der Waals surface area contributed by atoms with E-state index in [9.17, 15) is 0 Å². The summed E-state index contributed by atoms with van der Waals surface area (Å²) in [7, 11) is 1.68. The summed E-state index contributed by atoms with van der Waals surface area (Å²) in [6, 6.07) is 6.07. The third-order valence-corrected chi connectivity index (χ3v) is 2.81. The van der Waals surface area contributed by atoms with Crippen LogP contribution in [-0.4, -0.2) is 19.5 Å². The van der Waals surface area contributed by atoms with E-state index in [2.05, 4.69) is 11.0 Å². The molecule has 1 saturated heterocycles. The second kappa shape index (κ2) is 3.93. The number of benzene rings is 1. The molecule has 0 aliphatic carbocycles. The number of ether oxygens (including phenoxy) is 1. The Morgan fingerprint density at radius 3 is 2.73 bits per heavy atom. The van der Waals surface area contributed by atoms with Crippen molar-refractivity contribution < 1.29 is 4.74 Å². The van der Waals surface area contributed by atoms with Crippen molar-refractivity contribution in [3.8, 4) is 5.75 Å². The van der Waals surface area contributed by atoms with Crippen LogP contribution in [0.1, 0.15) is 18.4 Å². The van der Waals surface area contributed by atoms with Gasteiger partial charge in [-0.3, -0.25) is 5.41 Å². The lowest BCUT2D eigenvalue weighted by Gasteiger charge is -2.19. The molecule has 1 aromatic rings. The van der Waals surface area contributed by atoms with Crippen molar-refractivity contribution in [2.75, 3.05) is 18.6 Å². The second-order valence-corrected chi connectivity index (χ2v) is 3.86. The zero-order valence-corrected chi connectivity index (χ0v) is 9.21. The smallest absolute Gasteiger partial charge is 0.121 e. The van der Waals surface area contributed by atoms with E-state index in [1.165, 1.54) is 0 Å². The average Bonchev–Trinajstić information content (AvgIpc) is 2.64. The second-order valence-electron chi connectivity index (χ2n) is 3.86. The minimum atomic E-state index is 0.722. The van der Waals surface area contributed by atoms with E-state index in [1.54, 1.807) is 7.11 Å². The van der Waals surface area contributed by atoms with Crippen molar-refractivity contribution in [2.45, 2.75) is 19.8 Å². The first-order valence-electron chi connectivity index (χ1n) is 5.22. The van der Waals surface area contributed by atoms with Gasteiger partial charge < -0.3 is 9.64 Å². The summed E-state index contributed by atoms with van der Waals surface area (Å²) in [6.45, 7) is 2.99. The molecule has 0 radical (unpaired) electrons. The summed E-state index contributed by atoms with van der Waals surface area (Å²) in [5.74, 6) is 1.63. The van der Waals surface area contributed by atoms with Crippen molar-refractivity contribution in [3.63, 3.8) is 0 Å². The van der Waals surface area contributed by atoms with Gasteiger partial charge in [-0.15, -0.1) is 0 Å². The Balaban J connectivity index is 2.29. The zero-order chi connectivity index (χ0) is 10.8. The van der Waals surface area contributed by atoms with Crippen molar-refractivity contribution in [1.29, 1.82) is 5.41 Å². The minimum Gasteiger partial charge on any atom is -0.496 e. The molecule has 1 heterocycles. The third-order valence-electron chi connectivity index (χ3n) is 2.81. The number of hydrogen-bond acceptors (Lipinski definition) is 2. The SMILES string of the molecule is COc1ccc(N2CCCC2=N)cc1C. The van der Waals surface area contributed by atoms with Gasteiger partial charge in [-0.05, 0) is 37.1 Å². The van der Waals surface area contributed by atoms with Crippen LogP contribution in [0.25, 0.3) is 0 Å². The molecular weight excluding hydrogens is 188 g/mol. The van der Waals surface area contributed by atoms with E-state index < -0.39 is 0 Å². The molecule has 1 fully saturated rings. The summed E-state index contributed by atoms with van der Waals surface area (Å²) >= 11 is 0. The van der Waals surface area contributed by atoms with E-state index in [1.807, 2.05) is 19.1 Å². The van der Waals surface area contributed by atoms with Crippen LogP contribution in [0.5, 0.6) is 5.75 Å². The lowest BCUT2D eigenvalue weighted by Crippen LogP contribution is -2.23. The molecule has 3 heteroatoms. The lowest BCUT2D eigenvalue weighted by molar-refractivity contribution is 0.412. The monoisotopic (exact) mass is 204 g/mol. The van der Waals surface area contributed by atoms with Gasteiger partial charge in [0.1, 0.15) is 11.6 Å². The summed E-state index contributed by atoms with van der Waals surface area (Å²) in [5, 5.41) is 7.81. The van der Waals surface area contributed by atoms with Gasteiger partial charge in [-0.2, -0.15) is 0 Å². The predicted octanol–water partition coefficient (Wildman–Crippen LogP) is 2.58. The Morgan fingerprint density at radius 1 is 1.40 bits per heavy atom. The number of rotatable bonds is 2. The molecule has 0 aromatic heterocycles. The number of methoxy groups -OCH3 is 1. The molecule has 3 nitrogen and oxygen atoms in total. The molecule has 2 rings (SSSR count). The first kappa shape index (κ1) is 10.0. The molecular formula is C12H16N2O. The number of anilines is 1. The van der Waals surface area contributed by atoms with Gasteiger partial charge in [-0.25, -0.2) is 0 Å². The highest BCUT2D eigenvalue weighted by Crippen LogP contribution is 2.27. The number of hydrogen-bond donors (Lipinski definition) is 1. The highest BCUT2D eigenvalue weighted by Gasteiger charge is 2.18. The van der Waals surface area contributed by atoms with Crippen molar-refractivity contribution in [1.82, 2.24) is 0 Å². The molecule has 0 saturated carbocycles. The van der Waals surface area contributed by atoms with Crippen LogP contribution in [-0.2, 0) is 0 Å². The van der Waals surface area contributed by atoms with Crippen molar-refractivity contribution in [3.05, 3.63) is 23.8 Å². The topological polar surface area (TPSA) is 36.3 Å². The summed E-state index contributed by atoms with van der Waals surface area (Å²) in [5.41, 5.74) is 2.23. The molecule has 0 bridgehead atoms. The lowest BCUT2D eigenvalue weighted by atomic mass is 10.2. The van der Waals surface area contributed by atoms with Crippen molar-refractivity contribution >= 4 is 11.5 Å². The number of aryl methyl sites for hydroxylation is 1. The Morgan fingerprint density at radius 2 is 2.20 bits per heavy atom. The Bertz CT molecular complexity index is 387. The molecule has 0 amide bonds. The van der Waals surface area contributed by atoms with Gasteiger partial charge in [-0.1, -0.05) is 0 Å². The van der Waals surface area contributed by atoms with Gasteiger partial charge in [0, 0.05) is 18.7 Å². The van der Waals surface area contributed by atoms with Gasteiger partial charge >= 0.3 is 0 Å². The van der Waals surface area contributed by atoms with Gasteiger partial charge in [0.15, 0.2) is 0 Å². The molecule has 0 unspecified atom stereocenters. The standard InChI is InChI=1S/C12H16N2O/c1-9-8-10(5-6-11(9)15-2)14-7-3-4-12(14)13/h5-6,8,13H,3-4,7H2,1-2H3. The fourth-order valence-electron chi connectivity index (χ4n) is 1.99. The maximum absolute atomic E-state index is 7.81. The Labute approximate surface area is 90.2 Å². The first-order chi connectivity index (χ1) is 7.22. The van der Waals surface area contributed by atoms with E-state index in [0.29, 0.717) is 0 Å². The zero-order valence-electron chi connectivity index (χ0n) is 9.21. The van der Waals surface area contributed by atoms with Crippen molar-refractivity contribution in [2.24, 2.45) is 0 Å². The largest absolute Gasteiger partial charge is 0.496 e. The number of amidine groups is 1. The number of nitrogens with zero attached hydrogens (tertiary/aromatic N) is 1. The van der Waals surface area contributed by atoms with Gasteiger partial charge in [0.2, 0.25) is 0 Å². The minimum absolute atomic E-state index is 0.722. The highest BCUT2D eigenvalue weighted by molar-refractivity contribution is 5.97. The van der Waals surface area contributed by atoms with Crippen LogP contribution in [0.4, 0.5) is 5.69 Å². The fraction of sp³-hybridized carbons (Fsp3) is 0.417. The Hall–Kier alpha value is -1.51. The molecule has 1 aliphatic rings. The van der Waals surface area contributed by atoms with E-state index in [-0.39, 0.29) is 0 Å². The number of nitrogens with one attached hydrogen (secondary N) is 1. The third kappa shape index (κ3) is 1.82. The van der Waals surface area contributed by atoms with Crippen LogP contribution in [0, 0.1) is 12.3 Å². The Kier molecular flexibility index (Phi) is 2.62. The van der Waals surface area contributed by atoms with E-state index in [0.717, 1.165) is 42.2 Å². The van der Waals surface area contributed by atoms with Gasteiger partial charge in [0.05, 0.1) is 7.11 Å². The quantitative estimate of drug-likeness (QED) is 0.803. The molecule has 80 valence electrons. The highest BCUT2D eigenvalue weighted by atomic mass is 16.5. The summed E-state index contributed by atoms with van der Waals surface area (Å²) in [6.07, 6.45) is 1.98. The first-order valence-corrected chi connectivity index (χ1v) is 5.22. The van der Waals surface area contributed by atoms with Crippen LogP contribution >= 0.6 is 0 Å². The molecule has 1 N–H and O–H groups in total. The molecule has 0 spiro atoms. The van der Waals surface area contributed by atoms with E-state index >= 15 is 0 Å². The average molecular weight is 204 g/mol. The summed E-state index contributed by atoms with van der Waals surface area (Å²) in [4.78, 5) is 2.06.